The molecule has 1 unspecified atom stereocenters. The highest BCUT2D eigenvalue weighted by molar-refractivity contribution is 5.11. The second-order valence-corrected chi connectivity index (χ2v) is 3.05. The van der Waals surface area contributed by atoms with Gasteiger partial charge in [0, 0.05) is 6.61 Å². The highest BCUT2D eigenvalue weighted by Crippen LogP contribution is 1.93. The Balaban J connectivity index is 3.33. The van der Waals surface area contributed by atoms with E-state index in [9.17, 15) is 5.11 Å². The monoisotopic (exact) mass is 196 g/mol. The van der Waals surface area contributed by atoms with E-state index in [1.807, 2.05) is 6.92 Å². The van der Waals surface area contributed by atoms with Crippen molar-refractivity contribution in [2.24, 2.45) is 0 Å². The van der Waals surface area contributed by atoms with Gasteiger partial charge in [0.25, 0.3) is 0 Å². The highest BCUT2D eigenvalue weighted by atomic mass is 16.5. The molecular formula is C12H20O2. The van der Waals surface area contributed by atoms with Gasteiger partial charge in [0.1, 0.15) is 12.7 Å². The molecule has 1 N–H and O–H groups in total. The van der Waals surface area contributed by atoms with Crippen molar-refractivity contribution in [2.75, 3.05) is 13.2 Å². The molecule has 2 nitrogen and oxygen atoms in total. The molecule has 0 amide bonds. The van der Waals surface area contributed by atoms with E-state index in [1.54, 1.807) is 12.2 Å². The lowest BCUT2D eigenvalue weighted by Gasteiger charge is -1.97. The van der Waals surface area contributed by atoms with Gasteiger partial charge in [-0.2, -0.15) is 0 Å². The molecular weight excluding hydrogens is 176 g/mol. The maximum atomic E-state index is 9.17. The van der Waals surface area contributed by atoms with Crippen LogP contribution in [0.2, 0.25) is 0 Å². The van der Waals surface area contributed by atoms with Gasteiger partial charge < -0.3 is 9.84 Å². The van der Waals surface area contributed by atoms with E-state index in [4.69, 9.17) is 4.74 Å². The summed E-state index contributed by atoms with van der Waals surface area (Å²) < 4.78 is 5.26. The van der Waals surface area contributed by atoms with Crippen molar-refractivity contribution in [1.82, 2.24) is 0 Å². The summed E-state index contributed by atoms with van der Waals surface area (Å²) >= 11 is 0. The molecule has 14 heavy (non-hydrogen) atoms. The van der Waals surface area contributed by atoms with Crippen LogP contribution in [-0.2, 0) is 4.74 Å². The molecule has 80 valence electrons. The van der Waals surface area contributed by atoms with Gasteiger partial charge in [0.15, 0.2) is 0 Å². The standard InChI is InChI=1S/C12H20O2/c1-3-5-6-10-14-11-7-9-12(13)8-4-2/h4,8,12-13H,3,5-6,10-11H2,1-2H3/b8-4+. The lowest BCUT2D eigenvalue weighted by molar-refractivity contribution is 0.162. The molecule has 0 aliphatic rings. The molecule has 0 aliphatic carbocycles. The normalized spacial score (nSPS) is 12.5. The van der Waals surface area contributed by atoms with Gasteiger partial charge in [-0.15, -0.1) is 0 Å². The number of aliphatic hydroxyl groups is 1. The summed E-state index contributed by atoms with van der Waals surface area (Å²) in [5.41, 5.74) is 0. The minimum absolute atomic E-state index is 0.415. The van der Waals surface area contributed by atoms with Gasteiger partial charge in [0.2, 0.25) is 0 Å². The third-order valence-corrected chi connectivity index (χ3v) is 1.69. The van der Waals surface area contributed by atoms with Crippen molar-refractivity contribution < 1.29 is 9.84 Å². The van der Waals surface area contributed by atoms with Crippen molar-refractivity contribution in [1.29, 1.82) is 0 Å². The Morgan fingerprint density at radius 1 is 1.43 bits per heavy atom. The van der Waals surface area contributed by atoms with Gasteiger partial charge >= 0.3 is 0 Å². The predicted octanol–water partition coefficient (Wildman–Crippen LogP) is 2.13. The quantitative estimate of drug-likeness (QED) is 0.400. The number of allylic oxidation sites excluding steroid dienone is 1. The average Bonchev–Trinajstić information content (AvgIpc) is 2.17. The topological polar surface area (TPSA) is 29.5 Å². The Bertz CT molecular complexity index is 198. The van der Waals surface area contributed by atoms with Crippen molar-refractivity contribution >= 4 is 0 Å². The maximum Gasteiger partial charge on any atom is 0.133 e. The Hall–Kier alpha value is -0.780. The van der Waals surface area contributed by atoms with Crippen LogP contribution in [0, 0.1) is 11.8 Å². The van der Waals surface area contributed by atoms with Crippen LogP contribution in [0.3, 0.4) is 0 Å². The van der Waals surface area contributed by atoms with Gasteiger partial charge in [-0.05, 0) is 19.4 Å². The molecule has 0 rings (SSSR count). The molecule has 0 heterocycles. The third-order valence-electron chi connectivity index (χ3n) is 1.69. The van der Waals surface area contributed by atoms with Gasteiger partial charge in [-0.1, -0.05) is 37.7 Å². The fraction of sp³-hybridized carbons (Fsp3) is 0.667. The molecule has 0 saturated carbocycles. The fourth-order valence-corrected chi connectivity index (χ4v) is 0.954. The minimum Gasteiger partial charge on any atom is -0.377 e. The molecule has 0 aromatic rings. The van der Waals surface area contributed by atoms with Crippen molar-refractivity contribution in [3.05, 3.63) is 12.2 Å². The summed E-state index contributed by atoms with van der Waals surface area (Å²) in [6.07, 6.45) is 6.27. The summed E-state index contributed by atoms with van der Waals surface area (Å²) in [5, 5.41) is 9.17. The van der Waals surface area contributed by atoms with Crippen molar-refractivity contribution in [3.63, 3.8) is 0 Å². The molecule has 0 fully saturated rings. The summed E-state index contributed by atoms with van der Waals surface area (Å²) in [7, 11) is 0. The summed E-state index contributed by atoms with van der Waals surface area (Å²) in [6.45, 7) is 5.19. The number of hydrogen-bond acceptors (Lipinski definition) is 2. The summed E-state index contributed by atoms with van der Waals surface area (Å²) in [4.78, 5) is 0. The highest BCUT2D eigenvalue weighted by Gasteiger charge is 1.88. The van der Waals surface area contributed by atoms with Crippen LogP contribution in [0.25, 0.3) is 0 Å². The van der Waals surface area contributed by atoms with Gasteiger partial charge in [-0.25, -0.2) is 0 Å². The molecule has 0 spiro atoms. The van der Waals surface area contributed by atoms with Crippen LogP contribution in [-0.4, -0.2) is 24.4 Å². The van der Waals surface area contributed by atoms with E-state index < -0.39 is 6.10 Å². The Labute approximate surface area is 87.0 Å². The first kappa shape index (κ1) is 13.2. The van der Waals surface area contributed by atoms with Crippen LogP contribution >= 0.6 is 0 Å². The fourth-order valence-electron chi connectivity index (χ4n) is 0.954. The van der Waals surface area contributed by atoms with Gasteiger partial charge in [-0.3, -0.25) is 0 Å². The number of aliphatic hydroxyl groups excluding tert-OH is 1. The first-order chi connectivity index (χ1) is 6.81. The first-order valence-electron chi connectivity index (χ1n) is 5.18. The summed E-state index contributed by atoms with van der Waals surface area (Å²) in [5.74, 6) is 5.44. The lowest BCUT2D eigenvalue weighted by Crippen LogP contribution is -1.99. The SMILES string of the molecule is C/C=C/C(O)C#CCOCCCCC. The summed E-state index contributed by atoms with van der Waals surface area (Å²) in [6, 6.07) is 0. The lowest BCUT2D eigenvalue weighted by atomic mass is 10.3. The van der Waals surface area contributed by atoms with Crippen molar-refractivity contribution in [3.8, 4) is 11.8 Å². The van der Waals surface area contributed by atoms with E-state index in [1.165, 1.54) is 12.8 Å². The third kappa shape index (κ3) is 9.31. The zero-order valence-electron chi connectivity index (χ0n) is 9.12. The Kier molecular flexibility index (Phi) is 9.73. The zero-order valence-corrected chi connectivity index (χ0v) is 9.12. The molecule has 0 radical (unpaired) electrons. The largest absolute Gasteiger partial charge is 0.377 e. The minimum atomic E-state index is -0.653. The molecule has 0 aromatic carbocycles. The number of hydrogen-bond donors (Lipinski definition) is 1. The average molecular weight is 196 g/mol. The van der Waals surface area contributed by atoms with Gasteiger partial charge in [0.05, 0.1) is 0 Å². The second-order valence-electron chi connectivity index (χ2n) is 3.05. The van der Waals surface area contributed by atoms with Crippen LogP contribution in [0.1, 0.15) is 33.1 Å². The van der Waals surface area contributed by atoms with E-state index in [2.05, 4.69) is 18.8 Å². The predicted molar refractivity (Wildman–Crippen MR) is 58.9 cm³/mol. The smallest absolute Gasteiger partial charge is 0.133 e. The molecule has 1 atom stereocenters. The number of ether oxygens (including phenoxy) is 1. The van der Waals surface area contributed by atoms with E-state index in [0.29, 0.717) is 6.61 Å². The number of rotatable bonds is 6. The van der Waals surface area contributed by atoms with Crippen molar-refractivity contribution in [2.45, 2.75) is 39.2 Å². The molecule has 0 aliphatic heterocycles. The van der Waals surface area contributed by atoms with Crippen LogP contribution in [0.4, 0.5) is 0 Å². The molecule has 0 bridgehead atoms. The Morgan fingerprint density at radius 3 is 2.86 bits per heavy atom. The van der Waals surface area contributed by atoms with E-state index >= 15 is 0 Å². The van der Waals surface area contributed by atoms with Crippen LogP contribution in [0.5, 0.6) is 0 Å². The maximum absolute atomic E-state index is 9.17. The second kappa shape index (κ2) is 10.3. The molecule has 2 heteroatoms. The molecule has 0 saturated heterocycles. The van der Waals surface area contributed by atoms with Crippen LogP contribution < -0.4 is 0 Å². The van der Waals surface area contributed by atoms with E-state index in [-0.39, 0.29) is 0 Å². The first-order valence-corrected chi connectivity index (χ1v) is 5.18. The van der Waals surface area contributed by atoms with E-state index in [0.717, 1.165) is 13.0 Å². The Morgan fingerprint density at radius 2 is 2.21 bits per heavy atom. The van der Waals surface area contributed by atoms with Crippen LogP contribution in [0.15, 0.2) is 12.2 Å². The number of unbranched alkanes of at least 4 members (excludes halogenated alkanes) is 2. The zero-order chi connectivity index (χ0) is 10.6. The molecule has 0 aromatic heterocycles.